The van der Waals surface area contributed by atoms with Crippen LogP contribution in [0.4, 0.5) is 4.39 Å². The number of carbonyl (C=O) groups excluding carboxylic acids is 2. The summed E-state index contributed by atoms with van der Waals surface area (Å²) in [5.74, 6) is 0.494. The Morgan fingerprint density at radius 1 is 1.19 bits per heavy atom. The lowest BCUT2D eigenvalue weighted by molar-refractivity contribution is -0.134. The van der Waals surface area contributed by atoms with Crippen LogP contribution in [0.2, 0.25) is 0 Å². The molecular weight excluding hydrogens is 524 g/mol. The molecule has 1 unspecified atom stereocenters. The Labute approximate surface area is 207 Å². The van der Waals surface area contributed by atoms with Gasteiger partial charge in [-0.25, -0.2) is 4.39 Å². The molecule has 3 N–H and O–H groups in total. The molecule has 1 atom stereocenters. The third-order valence-electron chi connectivity index (χ3n) is 5.99. The summed E-state index contributed by atoms with van der Waals surface area (Å²) in [5.41, 5.74) is 0.813. The number of rotatable bonds is 7. The van der Waals surface area contributed by atoms with E-state index in [0.717, 1.165) is 32.4 Å². The average Bonchev–Trinajstić information content (AvgIpc) is 3.45. The summed E-state index contributed by atoms with van der Waals surface area (Å²) in [5, 5.41) is 9.39. The fraction of sp³-hybridized carbons (Fsp3) is 0.609. The molecule has 32 heavy (non-hydrogen) atoms. The Hall–Kier alpha value is -1.91. The SMILES string of the molecule is CCNC(=NCCNC(=O)c1ccc(C)c(F)c1)NC1CCN(C(=O)C2CCCC2)C1.I. The summed E-state index contributed by atoms with van der Waals surface area (Å²) in [4.78, 5) is 31.3. The number of carbonyl (C=O) groups is 2. The van der Waals surface area contributed by atoms with Crippen molar-refractivity contribution in [2.45, 2.75) is 52.0 Å². The zero-order valence-electron chi connectivity index (χ0n) is 19.0. The van der Waals surface area contributed by atoms with Crippen molar-refractivity contribution in [1.29, 1.82) is 0 Å². The van der Waals surface area contributed by atoms with Crippen LogP contribution in [0.5, 0.6) is 0 Å². The van der Waals surface area contributed by atoms with Crippen molar-refractivity contribution in [3.63, 3.8) is 0 Å². The van der Waals surface area contributed by atoms with Crippen LogP contribution in [0.1, 0.15) is 54.9 Å². The summed E-state index contributed by atoms with van der Waals surface area (Å²) < 4.78 is 13.6. The van der Waals surface area contributed by atoms with Crippen molar-refractivity contribution in [2.24, 2.45) is 10.9 Å². The molecule has 1 saturated heterocycles. The third-order valence-corrected chi connectivity index (χ3v) is 5.99. The number of hydrogen-bond donors (Lipinski definition) is 3. The minimum Gasteiger partial charge on any atom is -0.357 e. The fourth-order valence-corrected chi connectivity index (χ4v) is 4.20. The van der Waals surface area contributed by atoms with E-state index in [2.05, 4.69) is 20.9 Å². The van der Waals surface area contributed by atoms with Gasteiger partial charge in [-0.1, -0.05) is 18.9 Å². The van der Waals surface area contributed by atoms with E-state index in [0.29, 0.717) is 42.6 Å². The molecule has 2 aliphatic rings. The van der Waals surface area contributed by atoms with Gasteiger partial charge in [-0.2, -0.15) is 0 Å². The van der Waals surface area contributed by atoms with Crippen LogP contribution in [0, 0.1) is 18.7 Å². The molecule has 3 rings (SSSR count). The number of guanidine groups is 1. The molecule has 0 aromatic heterocycles. The maximum atomic E-state index is 13.6. The second-order valence-corrected chi connectivity index (χ2v) is 8.38. The number of benzene rings is 1. The summed E-state index contributed by atoms with van der Waals surface area (Å²) >= 11 is 0. The van der Waals surface area contributed by atoms with Crippen LogP contribution in [0.3, 0.4) is 0 Å². The number of aryl methyl sites for hydroxylation is 1. The van der Waals surface area contributed by atoms with Crippen molar-refractivity contribution < 1.29 is 14.0 Å². The Kier molecular flexibility index (Phi) is 10.7. The van der Waals surface area contributed by atoms with Crippen molar-refractivity contribution in [3.8, 4) is 0 Å². The van der Waals surface area contributed by atoms with E-state index in [9.17, 15) is 14.0 Å². The lowest BCUT2D eigenvalue weighted by Gasteiger charge is -2.21. The Morgan fingerprint density at radius 2 is 1.94 bits per heavy atom. The Balaban J connectivity index is 0.00000363. The van der Waals surface area contributed by atoms with Gasteiger partial charge in [0, 0.05) is 43.7 Å². The molecule has 1 aromatic rings. The zero-order valence-corrected chi connectivity index (χ0v) is 21.3. The van der Waals surface area contributed by atoms with Gasteiger partial charge in [0.2, 0.25) is 5.91 Å². The first-order valence-corrected chi connectivity index (χ1v) is 11.4. The van der Waals surface area contributed by atoms with Gasteiger partial charge < -0.3 is 20.9 Å². The molecule has 1 saturated carbocycles. The molecule has 2 amide bonds. The van der Waals surface area contributed by atoms with Gasteiger partial charge >= 0.3 is 0 Å². The largest absolute Gasteiger partial charge is 0.357 e. The topological polar surface area (TPSA) is 85.8 Å². The molecule has 0 spiro atoms. The summed E-state index contributed by atoms with van der Waals surface area (Å²) in [6.07, 6.45) is 5.28. The highest BCUT2D eigenvalue weighted by molar-refractivity contribution is 14.0. The van der Waals surface area contributed by atoms with E-state index in [1.165, 1.54) is 18.9 Å². The van der Waals surface area contributed by atoms with Gasteiger partial charge in [0.1, 0.15) is 5.82 Å². The van der Waals surface area contributed by atoms with Gasteiger partial charge in [-0.15, -0.1) is 24.0 Å². The van der Waals surface area contributed by atoms with Crippen molar-refractivity contribution in [3.05, 3.63) is 35.1 Å². The van der Waals surface area contributed by atoms with Crippen molar-refractivity contribution in [2.75, 3.05) is 32.7 Å². The number of hydrogen-bond acceptors (Lipinski definition) is 3. The lowest BCUT2D eigenvalue weighted by Crippen LogP contribution is -2.45. The van der Waals surface area contributed by atoms with Crippen LogP contribution in [0.25, 0.3) is 0 Å². The first-order chi connectivity index (χ1) is 15.0. The minimum atomic E-state index is -0.388. The summed E-state index contributed by atoms with van der Waals surface area (Å²) in [6, 6.07) is 4.63. The molecule has 178 valence electrons. The number of likely N-dealkylation sites (tertiary alicyclic amines) is 1. The molecular formula is C23H35FIN5O2. The molecule has 1 aliphatic heterocycles. The standard InChI is InChI=1S/C23H34FN5O2.HI/c1-3-25-23(27-12-11-26-21(30)18-9-8-16(2)20(24)14-18)28-19-10-13-29(15-19)22(31)17-6-4-5-7-17;/h8-9,14,17,19H,3-7,10-13,15H2,1-2H3,(H,26,30)(H2,25,27,28);1H. The first-order valence-electron chi connectivity index (χ1n) is 11.4. The monoisotopic (exact) mass is 559 g/mol. The van der Waals surface area contributed by atoms with Crippen LogP contribution >= 0.6 is 24.0 Å². The highest BCUT2D eigenvalue weighted by Gasteiger charge is 2.32. The third kappa shape index (κ3) is 7.31. The van der Waals surface area contributed by atoms with E-state index in [4.69, 9.17) is 0 Å². The van der Waals surface area contributed by atoms with Crippen LogP contribution in [-0.2, 0) is 4.79 Å². The summed E-state index contributed by atoms with van der Waals surface area (Å²) in [6.45, 7) is 6.61. The second-order valence-electron chi connectivity index (χ2n) is 8.38. The molecule has 7 nitrogen and oxygen atoms in total. The second kappa shape index (κ2) is 13.0. The van der Waals surface area contributed by atoms with Crippen molar-refractivity contribution >= 4 is 41.8 Å². The fourth-order valence-electron chi connectivity index (χ4n) is 4.20. The van der Waals surface area contributed by atoms with E-state index in [1.54, 1.807) is 19.1 Å². The van der Waals surface area contributed by atoms with E-state index < -0.39 is 0 Å². The predicted octanol–water partition coefficient (Wildman–Crippen LogP) is 2.83. The molecule has 1 aliphatic carbocycles. The molecule has 1 aromatic carbocycles. The number of amides is 2. The molecule has 0 radical (unpaired) electrons. The minimum absolute atomic E-state index is 0. The van der Waals surface area contributed by atoms with Crippen molar-refractivity contribution in [1.82, 2.24) is 20.9 Å². The zero-order chi connectivity index (χ0) is 22.2. The lowest BCUT2D eigenvalue weighted by atomic mass is 10.1. The number of aliphatic imine (C=N–C) groups is 1. The van der Waals surface area contributed by atoms with E-state index in [1.807, 2.05) is 11.8 Å². The number of nitrogens with zero attached hydrogens (tertiary/aromatic N) is 2. The molecule has 2 fully saturated rings. The normalized spacial score (nSPS) is 18.9. The van der Waals surface area contributed by atoms with Gasteiger partial charge in [0.05, 0.1) is 6.54 Å². The maximum absolute atomic E-state index is 13.6. The van der Waals surface area contributed by atoms with E-state index >= 15 is 0 Å². The van der Waals surface area contributed by atoms with Crippen LogP contribution in [-0.4, -0.2) is 61.4 Å². The number of nitrogens with one attached hydrogen (secondary N) is 3. The smallest absolute Gasteiger partial charge is 0.251 e. The molecule has 9 heteroatoms. The van der Waals surface area contributed by atoms with E-state index in [-0.39, 0.29) is 47.7 Å². The highest BCUT2D eigenvalue weighted by atomic mass is 127. The maximum Gasteiger partial charge on any atom is 0.251 e. The predicted molar refractivity (Wildman–Crippen MR) is 135 cm³/mol. The molecule has 1 heterocycles. The Morgan fingerprint density at radius 3 is 2.62 bits per heavy atom. The summed E-state index contributed by atoms with van der Waals surface area (Å²) in [7, 11) is 0. The van der Waals surface area contributed by atoms with Gasteiger partial charge in [0.25, 0.3) is 5.91 Å². The number of halogens is 2. The van der Waals surface area contributed by atoms with Crippen LogP contribution < -0.4 is 16.0 Å². The Bertz CT molecular complexity index is 814. The van der Waals surface area contributed by atoms with Crippen LogP contribution in [0.15, 0.2) is 23.2 Å². The van der Waals surface area contributed by atoms with Gasteiger partial charge in [-0.05, 0) is 50.8 Å². The molecule has 0 bridgehead atoms. The van der Waals surface area contributed by atoms with Gasteiger partial charge in [-0.3, -0.25) is 14.6 Å². The van der Waals surface area contributed by atoms with Gasteiger partial charge in [0.15, 0.2) is 5.96 Å². The first kappa shape index (κ1) is 26.3. The highest BCUT2D eigenvalue weighted by Crippen LogP contribution is 2.27. The average molecular weight is 559 g/mol. The quantitative estimate of drug-likeness (QED) is 0.208.